The zero-order valence-corrected chi connectivity index (χ0v) is 9.69. The Morgan fingerprint density at radius 2 is 2.13 bits per heavy atom. The molecule has 86 valence electrons. The Balaban J connectivity index is 0.00000196. The minimum absolute atomic E-state index is 0. The van der Waals surface area contributed by atoms with Gasteiger partial charge >= 0.3 is 0 Å². The number of halogens is 3. The van der Waals surface area contributed by atoms with Crippen LogP contribution in [0.3, 0.4) is 0 Å². The summed E-state index contributed by atoms with van der Waals surface area (Å²) < 4.78 is 12.8. The number of aliphatic hydroxyl groups excluding tert-OH is 1. The number of rotatable bonds is 4. The van der Waals surface area contributed by atoms with Crippen LogP contribution in [0, 0.1) is 5.82 Å². The van der Waals surface area contributed by atoms with Gasteiger partial charge in [-0.3, -0.25) is 0 Å². The van der Waals surface area contributed by atoms with Gasteiger partial charge in [-0.25, -0.2) is 4.39 Å². The summed E-state index contributed by atoms with van der Waals surface area (Å²) >= 11 is 5.61. The van der Waals surface area contributed by atoms with E-state index in [1.807, 2.05) is 0 Å². The van der Waals surface area contributed by atoms with Crippen LogP contribution in [0.4, 0.5) is 4.39 Å². The smallest absolute Gasteiger partial charge is 0.141 e. The van der Waals surface area contributed by atoms with E-state index in [4.69, 9.17) is 22.4 Å². The van der Waals surface area contributed by atoms with E-state index < -0.39 is 5.82 Å². The molecular formula is C10H14Cl2FNO. The van der Waals surface area contributed by atoms with Crippen LogP contribution in [-0.2, 0) is 0 Å². The molecule has 0 amide bonds. The highest BCUT2D eigenvalue weighted by molar-refractivity contribution is 6.30. The molecule has 15 heavy (non-hydrogen) atoms. The van der Waals surface area contributed by atoms with Crippen LogP contribution >= 0.6 is 24.0 Å². The van der Waals surface area contributed by atoms with E-state index in [-0.39, 0.29) is 30.1 Å². The summed E-state index contributed by atoms with van der Waals surface area (Å²) in [4.78, 5) is 0. The van der Waals surface area contributed by atoms with Crippen molar-refractivity contribution in [2.75, 3.05) is 6.61 Å². The van der Waals surface area contributed by atoms with Crippen LogP contribution < -0.4 is 5.73 Å². The zero-order chi connectivity index (χ0) is 10.6. The molecule has 0 heterocycles. The summed E-state index contributed by atoms with van der Waals surface area (Å²) in [5.41, 5.74) is 6.60. The van der Waals surface area contributed by atoms with Crippen LogP contribution in [0.15, 0.2) is 18.2 Å². The van der Waals surface area contributed by atoms with Crippen molar-refractivity contribution in [3.05, 3.63) is 34.6 Å². The standard InChI is InChI=1S/C10H13ClFNO.ClH/c11-8-6-7(3-4-9(8)12)10(13)2-1-5-14;/h3-4,6,10,14H,1-2,5,13H2;1H/t10-;/m1./s1. The predicted molar refractivity (Wildman–Crippen MR) is 61.9 cm³/mol. The van der Waals surface area contributed by atoms with E-state index in [9.17, 15) is 4.39 Å². The molecule has 0 radical (unpaired) electrons. The fourth-order valence-electron chi connectivity index (χ4n) is 1.22. The Morgan fingerprint density at radius 1 is 1.47 bits per heavy atom. The summed E-state index contributed by atoms with van der Waals surface area (Å²) in [7, 11) is 0. The van der Waals surface area contributed by atoms with E-state index >= 15 is 0 Å². The topological polar surface area (TPSA) is 46.2 Å². The van der Waals surface area contributed by atoms with Crippen molar-refractivity contribution < 1.29 is 9.50 Å². The van der Waals surface area contributed by atoms with Gasteiger partial charge in [-0.2, -0.15) is 0 Å². The molecule has 1 rings (SSSR count). The lowest BCUT2D eigenvalue weighted by atomic mass is 10.0. The molecule has 3 N–H and O–H groups in total. The molecule has 0 spiro atoms. The van der Waals surface area contributed by atoms with Crippen molar-refractivity contribution in [2.24, 2.45) is 5.73 Å². The molecule has 0 saturated carbocycles. The zero-order valence-electron chi connectivity index (χ0n) is 8.12. The van der Waals surface area contributed by atoms with Gasteiger partial charge in [0.2, 0.25) is 0 Å². The van der Waals surface area contributed by atoms with Crippen LogP contribution in [0.25, 0.3) is 0 Å². The highest BCUT2D eigenvalue weighted by Crippen LogP contribution is 2.21. The van der Waals surface area contributed by atoms with Gasteiger partial charge in [-0.05, 0) is 30.5 Å². The fraction of sp³-hybridized carbons (Fsp3) is 0.400. The molecule has 5 heteroatoms. The molecule has 1 aromatic rings. The molecule has 1 aromatic carbocycles. The van der Waals surface area contributed by atoms with Gasteiger partial charge in [-0.1, -0.05) is 17.7 Å². The maximum Gasteiger partial charge on any atom is 0.141 e. The molecule has 0 aliphatic heterocycles. The molecule has 2 nitrogen and oxygen atoms in total. The molecular weight excluding hydrogens is 240 g/mol. The molecule has 0 saturated heterocycles. The molecule has 1 atom stereocenters. The predicted octanol–water partition coefficient (Wildman–Crippen LogP) is 2.67. The van der Waals surface area contributed by atoms with Crippen LogP contribution in [-0.4, -0.2) is 11.7 Å². The lowest BCUT2D eigenvalue weighted by Gasteiger charge is -2.11. The second kappa shape index (κ2) is 7.01. The Labute approximate surface area is 99.6 Å². The number of hydrogen-bond acceptors (Lipinski definition) is 2. The van der Waals surface area contributed by atoms with Gasteiger partial charge in [0.25, 0.3) is 0 Å². The second-order valence-corrected chi connectivity index (χ2v) is 3.55. The average molecular weight is 254 g/mol. The maximum absolute atomic E-state index is 12.8. The highest BCUT2D eigenvalue weighted by Gasteiger charge is 2.07. The van der Waals surface area contributed by atoms with Gasteiger partial charge in [0.05, 0.1) is 5.02 Å². The average Bonchev–Trinajstić information content (AvgIpc) is 2.18. The number of benzene rings is 1. The molecule has 0 fully saturated rings. The molecule has 0 aliphatic carbocycles. The van der Waals surface area contributed by atoms with Crippen molar-refractivity contribution >= 4 is 24.0 Å². The Bertz CT molecular complexity index is 309. The second-order valence-electron chi connectivity index (χ2n) is 3.15. The van der Waals surface area contributed by atoms with Gasteiger partial charge < -0.3 is 10.8 Å². The van der Waals surface area contributed by atoms with Crippen molar-refractivity contribution in [1.29, 1.82) is 0 Å². The first kappa shape index (κ1) is 14.6. The van der Waals surface area contributed by atoms with E-state index in [0.29, 0.717) is 12.8 Å². The lowest BCUT2D eigenvalue weighted by Crippen LogP contribution is -2.10. The largest absolute Gasteiger partial charge is 0.396 e. The first-order valence-corrected chi connectivity index (χ1v) is 4.84. The minimum Gasteiger partial charge on any atom is -0.396 e. The Hall–Kier alpha value is -0.350. The van der Waals surface area contributed by atoms with Crippen LogP contribution in [0.1, 0.15) is 24.4 Å². The quantitative estimate of drug-likeness (QED) is 0.867. The van der Waals surface area contributed by atoms with Crippen LogP contribution in [0.2, 0.25) is 5.02 Å². The van der Waals surface area contributed by atoms with Gasteiger partial charge in [0, 0.05) is 12.6 Å². The summed E-state index contributed by atoms with van der Waals surface area (Å²) in [6.07, 6.45) is 1.30. The van der Waals surface area contributed by atoms with E-state index in [1.165, 1.54) is 12.1 Å². The highest BCUT2D eigenvalue weighted by atomic mass is 35.5. The van der Waals surface area contributed by atoms with Gasteiger partial charge in [0.1, 0.15) is 5.82 Å². The fourth-order valence-corrected chi connectivity index (χ4v) is 1.41. The van der Waals surface area contributed by atoms with Gasteiger partial charge in [-0.15, -0.1) is 12.4 Å². The molecule has 0 aromatic heterocycles. The molecule has 0 aliphatic rings. The third kappa shape index (κ3) is 4.34. The first-order valence-electron chi connectivity index (χ1n) is 4.46. The normalized spacial score (nSPS) is 12.0. The summed E-state index contributed by atoms with van der Waals surface area (Å²) in [5.74, 6) is -0.440. The van der Waals surface area contributed by atoms with Crippen molar-refractivity contribution in [2.45, 2.75) is 18.9 Å². The van der Waals surface area contributed by atoms with Crippen molar-refractivity contribution in [3.63, 3.8) is 0 Å². The number of nitrogens with two attached hydrogens (primary N) is 1. The van der Waals surface area contributed by atoms with Crippen molar-refractivity contribution in [3.8, 4) is 0 Å². The third-order valence-corrected chi connectivity index (χ3v) is 2.33. The van der Waals surface area contributed by atoms with E-state index in [2.05, 4.69) is 0 Å². The summed E-state index contributed by atoms with van der Waals surface area (Å²) in [6.45, 7) is 0.114. The summed E-state index contributed by atoms with van der Waals surface area (Å²) in [6, 6.07) is 4.25. The lowest BCUT2D eigenvalue weighted by molar-refractivity contribution is 0.280. The van der Waals surface area contributed by atoms with E-state index in [0.717, 1.165) is 5.56 Å². The summed E-state index contributed by atoms with van der Waals surface area (Å²) in [5, 5.41) is 8.70. The molecule has 0 unspecified atom stereocenters. The SMILES string of the molecule is Cl.N[C@H](CCCO)c1ccc(F)c(Cl)c1. The first-order chi connectivity index (χ1) is 6.65. The Kier molecular flexibility index (Phi) is 6.85. The van der Waals surface area contributed by atoms with E-state index in [1.54, 1.807) is 6.07 Å². The van der Waals surface area contributed by atoms with Crippen LogP contribution in [0.5, 0.6) is 0 Å². The molecule has 0 bridgehead atoms. The number of hydrogen-bond donors (Lipinski definition) is 2. The third-order valence-electron chi connectivity index (χ3n) is 2.05. The minimum atomic E-state index is -0.440. The van der Waals surface area contributed by atoms with Gasteiger partial charge in [0.15, 0.2) is 0 Å². The number of aliphatic hydroxyl groups is 1. The monoisotopic (exact) mass is 253 g/mol. The Morgan fingerprint density at radius 3 is 2.67 bits per heavy atom. The maximum atomic E-state index is 12.8. The van der Waals surface area contributed by atoms with Crippen molar-refractivity contribution in [1.82, 2.24) is 0 Å².